The van der Waals surface area contributed by atoms with E-state index in [1.165, 1.54) is 6.20 Å². The molecule has 2 aromatic heterocycles. The molecule has 0 aliphatic rings. The van der Waals surface area contributed by atoms with E-state index >= 15 is 0 Å². The number of aromatic nitrogens is 1. The van der Waals surface area contributed by atoms with Gasteiger partial charge in [0.25, 0.3) is 5.91 Å². The van der Waals surface area contributed by atoms with Crippen molar-refractivity contribution in [2.75, 3.05) is 17.7 Å². The molecule has 0 radical (unpaired) electrons. The number of carbonyl (C=O) groups excluding carboxylic acids is 1. The lowest BCUT2D eigenvalue weighted by atomic mass is 10.2. The summed E-state index contributed by atoms with van der Waals surface area (Å²) < 4.78 is 1.04. The number of rotatable bonds is 4. The Morgan fingerprint density at radius 2 is 2.26 bits per heavy atom. The highest BCUT2D eigenvalue weighted by atomic mass is 79.9. The fourth-order valence-electron chi connectivity index (χ4n) is 1.70. The van der Waals surface area contributed by atoms with E-state index in [1.807, 2.05) is 23.4 Å². The standard InChI is InChI=1S/C12H13BrN4OS/c1-17(5-9-2-7(13)6-19-9)12-10(11(15)18)3-8(14)4-16-12/h2-4,6H,5,14H2,1H3,(H2,15,18). The first-order chi connectivity index (χ1) is 8.97. The lowest BCUT2D eigenvalue weighted by molar-refractivity contribution is 0.100. The number of primary amides is 1. The van der Waals surface area contributed by atoms with Crippen molar-refractivity contribution in [3.8, 4) is 0 Å². The number of amides is 1. The lowest BCUT2D eigenvalue weighted by Gasteiger charge is -2.19. The maximum absolute atomic E-state index is 11.4. The van der Waals surface area contributed by atoms with E-state index in [4.69, 9.17) is 11.5 Å². The largest absolute Gasteiger partial charge is 0.397 e. The third-order valence-electron chi connectivity index (χ3n) is 2.53. The highest BCUT2D eigenvalue weighted by Crippen LogP contribution is 2.24. The average molecular weight is 341 g/mol. The summed E-state index contributed by atoms with van der Waals surface area (Å²) in [6.45, 7) is 0.646. The minimum Gasteiger partial charge on any atom is -0.397 e. The van der Waals surface area contributed by atoms with Crippen LogP contribution in [0, 0.1) is 0 Å². The van der Waals surface area contributed by atoms with Crippen LogP contribution in [0.15, 0.2) is 28.2 Å². The molecule has 0 unspecified atom stereocenters. The highest BCUT2D eigenvalue weighted by molar-refractivity contribution is 9.10. The van der Waals surface area contributed by atoms with Crippen molar-refractivity contribution in [2.24, 2.45) is 5.73 Å². The van der Waals surface area contributed by atoms with Gasteiger partial charge in [-0.15, -0.1) is 11.3 Å². The normalized spacial score (nSPS) is 10.4. The van der Waals surface area contributed by atoms with Crippen LogP contribution in [-0.2, 0) is 6.54 Å². The van der Waals surface area contributed by atoms with Gasteiger partial charge in [-0.1, -0.05) is 0 Å². The van der Waals surface area contributed by atoms with E-state index in [2.05, 4.69) is 20.9 Å². The Labute approximate surface area is 123 Å². The monoisotopic (exact) mass is 340 g/mol. The van der Waals surface area contributed by atoms with E-state index in [-0.39, 0.29) is 0 Å². The summed E-state index contributed by atoms with van der Waals surface area (Å²) >= 11 is 5.04. The Bertz CT molecular complexity index is 614. The number of hydrogen-bond donors (Lipinski definition) is 2. The summed E-state index contributed by atoms with van der Waals surface area (Å²) in [6, 6.07) is 3.58. The molecule has 0 fully saturated rings. The number of nitrogens with two attached hydrogens (primary N) is 2. The summed E-state index contributed by atoms with van der Waals surface area (Å²) in [5, 5.41) is 2.01. The van der Waals surface area contributed by atoms with E-state index in [1.54, 1.807) is 17.4 Å². The molecule has 5 nitrogen and oxygen atoms in total. The molecule has 0 saturated heterocycles. The van der Waals surface area contributed by atoms with Crippen molar-refractivity contribution < 1.29 is 4.79 Å². The zero-order valence-electron chi connectivity index (χ0n) is 10.3. The molecular weight excluding hydrogens is 328 g/mol. The molecule has 7 heteroatoms. The first-order valence-electron chi connectivity index (χ1n) is 5.46. The molecule has 0 aromatic carbocycles. The second kappa shape index (κ2) is 5.58. The van der Waals surface area contributed by atoms with E-state index < -0.39 is 5.91 Å². The molecule has 0 aliphatic carbocycles. The third kappa shape index (κ3) is 3.24. The van der Waals surface area contributed by atoms with Crippen LogP contribution in [0.5, 0.6) is 0 Å². The minimum absolute atomic E-state index is 0.332. The molecule has 100 valence electrons. The molecule has 0 spiro atoms. The molecule has 0 saturated carbocycles. The van der Waals surface area contributed by atoms with Crippen molar-refractivity contribution in [2.45, 2.75) is 6.54 Å². The average Bonchev–Trinajstić information content (AvgIpc) is 2.74. The van der Waals surface area contributed by atoms with Gasteiger partial charge in [0.15, 0.2) is 0 Å². The zero-order chi connectivity index (χ0) is 14.0. The first-order valence-corrected chi connectivity index (χ1v) is 7.14. The van der Waals surface area contributed by atoms with Gasteiger partial charge >= 0.3 is 0 Å². The number of nitrogen functional groups attached to an aromatic ring is 1. The predicted octanol–water partition coefficient (Wildman–Crippen LogP) is 2.22. The molecule has 2 heterocycles. The van der Waals surface area contributed by atoms with E-state index in [9.17, 15) is 4.79 Å². The van der Waals surface area contributed by atoms with Crippen LogP contribution in [0.4, 0.5) is 11.5 Å². The van der Waals surface area contributed by atoms with Crippen LogP contribution in [0.25, 0.3) is 0 Å². The number of carbonyl (C=O) groups is 1. The van der Waals surface area contributed by atoms with Crippen LogP contribution >= 0.6 is 27.3 Å². The number of pyridine rings is 1. The van der Waals surface area contributed by atoms with Crippen molar-refractivity contribution in [3.63, 3.8) is 0 Å². The summed E-state index contributed by atoms with van der Waals surface area (Å²) in [5.41, 5.74) is 11.7. The van der Waals surface area contributed by atoms with E-state index in [0.717, 1.165) is 9.35 Å². The van der Waals surface area contributed by atoms with Crippen molar-refractivity contribution in [1.29, 1.82) is 0 Å². The zero-order valence-corrected chi connectivity index (χ0v) is 12.7. The lowest BCUT2D eigenvalue weighted by Crippen LogP contribution is -2.23. The Hall–Kier alpha value is -1.60. The third-order valence-corrected chi connectivity index (χ3v) is 4.21. The van der Waals surface area contributed by atoms with Gasteiger partial charge in [0, 0.05) is 21.8 Å². The molecule has 2 aromatic rings. The van der Waals surface area contributed by atoms with Gasteiger partial charge < -0.3 is 16.4 Å². The minimum atomic E-state index is -0.533. The number of thiophene rings is 1. The molecule has 1 amide bonds. The molecule has 0 aliphatic heterocycles. The fourth-order valence-corrected chi connectivity index (χ4v) is 3.21. The van der Waals surface area contributed by atoms with Crippen LogP contribution in [0.2, 0.25) is 0 Å². The molecule has 0 atom stereocenters. The van der Waals surface area contributed by atoms with Gasteiger partial charge in [0.2, 0.25) is 0 Å². The summed E-state index contributed by atoms with van der Waals surface area (Å²) in [4.78, 5) is 18.7. The van der Waals surface area contributed by atoms with Crippen LogP contribution < -0.4 is 16.4 Å². The number of nitrogens with zero attached hydrogens (tertiary/aromatic N) is 2. The van der Waals surface area contributed by atoms with Crippen LogP contribution in [0.3, 0.4) is 0 Å². The molecule has 19 heavy (non-hydrogen) atoms. The summed E-state index contributed by atoms with van der Waals surface area (Å²) in [5.74, 6) is 0.000215. The Kier molecular flexibility index (Phi) is 4.06. The van der Waals surface area contributed by atoms with Gasteiger partial charge in [0.05, 0.1) is 24.0 Å². The van der Waals surface area contributed by atoms with Gasteiger partial charge in [0.1, 0.15) is 5.82 Å². The van der Waals surface area contributed by atoms with Crippen molar-refractivity contribution >= 4 is 44.7 Å². The predicted molar refractivity (Wildman–Crippen MR) is 81.3 cm³/mol. The Morgan fingerprint density at radius 1 is 1.53 bits per heavy atom. The molecule has 4 N–H and O–H groups in total. The Balaban J connectivity index is 2.28. The van der Waals surface area contributed by atoms with Gasteiger partial charge in [-0.3, -0.25) is 4.79 Å². The van der Waals surface area contributed by atoms with Gasteiger partial charge in [-0.2, -0.15) is 0 Å². The van der Waals surface area contributed by atoms with Crippen molar-refractivity contribution in [3.05, 3.63) is 38.6 Å². The second-order valence-electron chi connectivity index (χ2n) is 4.09. The maximum atomic E-state index is 11.4. The summed E-state index contributed by atoms with van der Waals surface area (Å²) in [6.07, 6.45) is 1.52. The molecule has 2 rings (SSSR count). The van der Waals surface area contributed by atoms with Gasteiger partial charge in [-0.25, -0.2) is 4.98 Å². The maximum Gasteiger partial charge on any atom is 0.252 e. The first kappa shape index (κ1) is 13.8. The molecular formula is C12H13BrN4OS. The number of anilines is 2. The van der Waals surface area contributed by atoms with Crippen molar-refractivity contribution in [1.82, 2.24) is 4.98 Å². The van der Waals surface area contributed by atoms with Crippen LogP contribution in [0.1, 0.15) is 15.2 Å². The fraction of sp³-hybridized carbons (Fsp3) is 0.167. The summed E-state index contributed by atoms with van der Waals surface area (Å²) in [7, 11) is 1.86. The van der Waals surface area contributed by atoms with Gasteiger partial charge in [-0.05, 0) is 28.1 Å². The van der Waals surface area contributed by atoms with Crippen LogP contribution in [-0.4, -0.2) is 17.9 Å². The van der Waals surface area contributed by atoms with E-state index in [0.29, 0.717) is 23.6 Å². The quantitative estimate of drug-likeness (QED) is 0.893. The smallest absolute Gasteiger partial charge is 0.252 e. The molecule has 0 bridgehead atoms. The second-order valence-corrected chi connectivity index (χ2v) is 6.00. The number of hydrogen-bond acceptors (Lipinski definition) is 5. The SMILES string of the molecule is CN(Cc1cc(Br)cs1)c1ncc(N)cc1C(N)=O. The Morgan fingerprint density at radius 3 is 2.84 bits per heavy atom. The highest BCUT2D eigenvalue weighted by Gasteiger charge is 2.15. The number of halogens is 1. The topological polar surface area (TPSA) is 85.2 Å².